The molecule has 1 unspecified atom stereocenters. The number of hydrogen-bond acceptors (Lipinski definition) is 3. The van der Waals surface area contributed by atoms with Crippen LogP contribution in [0.15, 0.2) is 0 Å². The van der Waals surface area contributed by atoms with Crippen LogP contribution in [-0.4, -0.2) is 61.7 Å². The zero-order chi connectivity index (χ0) is 10.7. The summed E-state index contributed by atoms with van der Waals surface area (Å²) in [5.41, 5.74) is 0. The molecule has 2 fully saturated rings. The van der Waals surface area contributed by atoms with Crippen molar-refractivity contribution in [2.45, 2.75) is 38.3 Å². The van der Waals surface area contributed by atoms with E-state index in [9.17, 15) is 0 Å². The molecule has 0 spiro atoms. The van der Waals surface area contributed by atoms with Crippen molar-refractivity contribution in [1.29, 1.82) is 0 Å². The Labute approximate surface area is 93.8 Å². The minimum absolute atomic E-state index is 0.795. The molecule has 0 aromatic rings. The van der Waals surface area contributed by atoms with Gasteiger partial charge in [0.05, 0.1) is 0 Å². The summed E-state index contributed by atoms with van der Waals surface area (Å²) in [4.78, 5) is 5.20. The number of nitrogens with one attached hydrogen (secondary N) is 1. The van der Waals surface area contributed by atoms with Gasteiger partial charge < -0.3 is 10.2 Å². The molecular formula is C12H25N3. The van der Waals surface area contributed by atoms with Crippen molar-refractivity contribution < 1.29 is 0 Å². The van der Waals surface area contributed by atoms with Gasteiger partial charge in [0.25, 0.3) is 0 Å². The second-order valence-electron chi connectivity index (χ2n) is 4.98. The largest absolute Gasteiger partial charge is 0.315 e. The molecule has 2 aliphatic rings. The van der Waals surface area contributed by atoms with Crippen LogP contribution in [-0.2, 0) is 0 Å². The van der Waals surface area contributed by atoms with Crippen LogP contribution < -0.4 is 5.32 Å². The highest BCUT2D eigenvalue weighted by molar-refractivity contribution is 4.85. The maximum Gasteiger partial charge on any atom is 0.0232 e. The number of hydrogen-bond donors (Lipinski definition) is 1. The Morgan fingerprint density at radius 1 is 1.20 bits per heavy atom. The lowest BCUT2D eigenvalue weighted by Crippen LogP contribution is -2.47. The molecule has 0 amide bonds. The molecule has 0 aromatic heterocycles. The first-order valence-corrected chi connectivity index (χ1v) is 6.46. The van der Waals surface area contributed by atoms with E-state index in [2.05, 4.69) is 29.1 Å². The van der Waals surface area contributed by atoms with E-state index in [1.807, 2.05) is 0 Å². The highest BCUT2D eigenvalue weighted by atomic mass is 15.2. The number of piperidine rings is 1. The lowest BCUT2D eigenvalue weighted by atomic mass is 10.0. The summed E-state index contributed by atoms with van der Waals surface area (Å²) in [5, 5.41) is 3.46. The SMILES string of the molecule is CCN1CCC(N(C)C2CCNC2)CC1. The molecular weight excluding hydrogens is 186 g/mol. The number of likely N-dealkylation sites (tertiary alicyclic amines) is 1. The van der Waals surface area contributed by atoms with Crippen LogP contribution in [0.3, 0.4) is 0 Å². The molecule has 1 N–H and O–H groups in total. The van der Waals surface area contributed by atoms with E-state index in [-0.39, 0.29) is 0 Å². The van der Waals surface area contributed by atoms with Gasteiger partial charge in [0.1, 0.15) is 0 Å². The number of nitrogens with zero attached hydrogens (tertiary/aromatic N) is 2. The van der Waals surface area contributed by atoms with E-state index in [1.54, 1.807) is 0 Å². The van der Waals surface area contributed by atoms with Gasteiger partial charge >= 0.3 is 0 Å². The fraction of sp³-hybridized carbons (Fsp3) is 1.00. The van der Waals surface area contributed by atoms with Crippen molar-refractivity contribution in [3.8, 4) is 0 Å². The van der Waals surface area contributed by atoms with Gasteiger partial charge in [0.15, 0.2) is 0 Å². The van der Waals surface area contributed by atoms with Crippen molar-refractivity contribution in [2.24, 2.45) is 0 Å². The van der Waals surface area contributed by atoms with Crippen LogP contribution in [0.25, 0.3) is 0 Å². The lowest BCUT2D eigenvalue weighted by Gasteiger charge is -2.38. The zero-order valence-electron chi connectivity index (χ0n) is 10.2. The van der Waals surface area contributed by atoms with E-state index in [4.69, 9.17) is 0 Å². The fourth-order valence-corrected chi connectivity index (χ4v) is 2.93. The third-order valence-corrected chi connectivity index (χ3v) is 4.19. The van der Waals surface area contributed by atoms with Crippen LogP contribution >= 0.6 is 0 Å². The van der Waals surface area contributed by atoms with Gasteiger partial charge in [-0.15, -0.1) is 0 Å². The molecule has 0 radical (unpaired) electrons. The van der Waals surface area contributed by atoms with Crippen molar-refractivity contribution in [3.05, 3.63) is 0 Å². The van der Waals surface area contributed by atoms with E-state index in [0.29, 0.717) is 0 Å². The van der Waals surface area contributed by atoms with E-state index in [0.717, 1.165) is 12.1 Å². The Morgan fingerprint density at radius 2 is 1.93 bits per heavy atom. The second kappa shape index (κ2) is 5.28. The third-order valence-electron chi connectivity index (χ3n) is 4.19. The van der Waals surface area contributed by atoms with Crippen molar-refractivity contribution in [3.63, 3.8) is 0 Å². The van der Waals surface area contributed by atoms with Crippen molar-refractivity contribution >= 4 is 0 Å². The topological polar surface area (TPSA) is 18.5 Å². The average molecular weight is 211 g/mol. The third kappa shape index (κ3) is 2.71. The summed E-state index contributed by atoms with van der Waals surface area (Å²) >= 11 is 0. The zero-order valence-corrected chi connectivity index (χ0v) is 10.2. The van der Waals surface area contributed by atoms with Crippen LogP contribution in [0.4, 0.5) is 0 Å². The highest BCUT2D eigenvalue weighted by Gasteiger charge is 2.27. The first-order chi connectivity index (χ1) is 7.31. The van der Waals surface area contributed by atoms with E-state index in [1.165, 1.54) is 52.0 Å². The molecule has 2 saturated heterocycles. The van der Waals surface area contributed by atoms with E-state index < -0.39 is 0 Å². The number of rotatable bonds is 3. The summed E-state index contributed by atoms with van der Waals surface area (Å²) < 4.78 is 0. The Morgan fingerprint density at radius 3 is 2.47 bits per heavy atom. The predicted octanol–water partition coefficient (Wildman–Crippen LogP) is 0.764. The maximum atomic E-state index is 3.46. The quantitative estimate of drug-likeness (QED) is 0.744. The molecule has 3 nitrogen and oxygen atoms in total. The van der Waals surface area contributed by atoms with Crippen molar-refractivity contribution in [2.75, 3.05) is 39.8 Å². The van der Waals surface area contributed by atoms with Crippen LogP contribution in [0, 0.1) is 0 Å². The summed E-state index contributed by atoms with van der Waals surface area (Å²) in [7, 11) is 2.32. The Hall–Kier alpha value is -0.120. The number of likely N-dealkylation sites (N-methyl/N-ethyl adjacent to an activating group) is 1. The van der Waals surface area contributed by atoms with Crippen LogP contribution in [0.1, 0.15) is 26.2 Å². The summed E-state index contributed by atoms with van der Waals surface area (Å²) in [6, 6.07) is 1.63. The first-order valence-electron chi connectivity index (χ1n) is 6.46. The van der Waals surface area contributed by atoms with Gasteiger partial charge in [-0.05, 0) is 52.5 Å². The smallest absolute Gasteiger partial charge is 0.0232 e. The molecule has 3 heteroatoms. The molecule has 2 aliphatic heterocycles. The minimum Gasteiger partial charge on any atom is -0.315 e. The summed E-state index contributed by atoms with van der Waals surface area (Å²) in [6.45, 7) is 8.50. The molecule has 2 heterocycles. The van der Waals surface area contributed by atoms with Gasteiger partial charge in [-0.3, -0.25) is 4.90 Å². The van der Waals surface area contributed by atoms with Gasteiger partial charge in [0.2, 0.25) is 0 Å². The molecule has 1 atom stereocenters. The predicted molar refractivity (Wildman–Crippen MR) is 64.2 cm³/mol. The molecule has 0 aliphatic carbocycles. The summed E-state index contributed by atoms with van der Waals surface area (Å²) in [6.07, 6.45) is 4.06. The molecule has 88 valence electrons. The molecule has 0 saturated carbocycles. The lowest BCUT2D eigenvalue weighted by molar-refractivity contribution is 0.105. The van der Waals surface area contributed by atoms with Gasteiger partial charge in [-0.2, -0.15) is 0 Å². The Balaban J connectivity index is 1.78. The van der Waals surface area contributed by atoms with Gasteiger partial charge in [0, 0.05) is 18.6 Å². The van der Waals surface area contributed by atoms with Crippen LogP contribution in [0.2, 0.25) is 0 Å². The van der Waals surface area contributed by atoms with E-state index >= 15 is 0 Å². The molecule has 15 heavy (non-hydrogen) atoms. The van der Waals surface area contributed by atoms with Gasteiger partial charge in [-0.25, -0.2) is 0 Å². The standard InChI is InChI=1S/C12H25N3/c1-3-15-8-5-11(6-9-15)14(2)12-4-7-13-10-12/h11-13H,3-10H2,1-2H3. The monoisotopic (exact) mass is 211 g/mol. The van der Waals surface area contributed by atoms with Crippen molar-refractivity contribution in [1.82, 2.24) is 15.1 Å². The maximum absolute atomic E-state index is 3.46. The minimum atomic E-state index is 0.795. The normalized spacial score (nSPS) is 30.2. The fourth-order valence-electron chi connectivity index (χ4n) is 2.93. The molecule has 0 aromatic carbocycles. The Bertz CT molecular complexity index is 181. The summed E-state index contributed by atoms with van der Waals surface area (Å²) in [5.74, 6) is 0. The van der Waals surface area contributed by atoms with Gasteiger partial charge in [-0.1, -0.05) is 6.92 Å². The first kappa shape index (κ1) is 11.4. The average Bonchev–Trinajstić information content (AvgIpc) is 2.82. The second-order valence-corrected chi connectivity index (χ2v) is 4.98. The highest BCUT2D eigenvalue weighted by Crippen LogP contribution is 2.19. The Kier molecular flexibility index (Phi) is 4.00. The molecule has 0 bridgehead atoms. The molecule has 2 rings (SSSR count). The van der Waals surface area contributed by atoms with Crippen LogP contribution in [0.5, 0.6) is 0 Å².